The number of amides is 1. The van der Waals surface area contributed by atoms with E-state index in [0.717, 1.165) is 12.1 Å². The number of nitrogens with two attached hydrogens (primary N) is 1. The lowest BCUT2D eigenvalue weighted by molar-refractivity contribution is -0.137. The van der Waals surface area contributed by atoms with Gasteiger partial charge in [-0.15, -0.1) is 0 Å². The maximum atomic E-state index is 12.6. The van der Waals surface area contributed by atoms with Crippen molar-refractivity contribution in [3.63, 3.8) is 0 Å². The Balaban J connectivity index is 3.18. The van der Waals surface area contributed by atoms with Gasteiger partial charge in [0, 0.05) is 0 Å². The Hall–Kier alpha value is -1.27. The first-order valence-electron chi connectivity index (χ1n) is 4.65. The van der Waals surface area contributed by atoms with E-state index in [1.807, 2.05) is 0 Å². The standard InChI is InChI=1S/C10H10ClF3N2O/c1-5(15)9(17)16-8-6(10(12,13)14)3-2-4-7(8)11/h2-5H,15H2,1H3,(H,16,17). The lowest BCUT2D eigenvalue weighted by atomic mass is 10.1. The van der Waals surface area contributed by atoms with Gasteiger partial charge in [-0.05, 0) is 19.1 Å². The second kappa shape index (κ2) is 4.93. The largest absolute Gasteiger partial charge is 0.418 e. The van der Waals surface area contributed by atoms with Gasteiger partial charge in [-0.1, -0.05) is 17.7 Å². The van der Waals surface area contributed by atoms with Gasteiger partial charge in [0.2, 0.25) is 5.91 Å². The van der Waals surface area contributed by atoms with Crippen molar-refractivity contribution in [3.8, 4) is 0 Å². The maximum Gasteiger partial charge on any atom is 0.418 e. The number of carbonyl (C=O) groups excluding carboxylic acids is 1. The highest BCUT2D eigenvalue weighted by atomic mass is 35.5. The summed E-state index contributed by atoms with van der Waals surface area (Å²) in [6.45, 7) is 1.36. The molecule has 1 unspecified atom stereocenters. The van der Waals surface area contributed by atoms with E-state index in [-0.39, 0.29) is 5.02 Å². The first-order valence-corrected chi connectivity index (χ1v) is 5.03. The summed E-state index contributed by atoms with van der Waals surface area (Å²) in [7, 11) is 0. The Bertz CT molecular complexity index is 432. The maximum absolute atomic E-state index is 12.6. The number of para-hydroxylation sites is 1. The third-order valence-corrected chi connectivity index (χ3v) is 2.30. The molecule has 1 aromatic carbocycles. The number of carbonyl (C=O) groups is 1. The van der Waals surface area contributed by atoms with Gasteiger partial charge in [-0.25, -0.2) is 0 Å². The van der Waals surface area contributed by atoms with Gasteiger partial charge < -0.3 is 11.1 Å². The summed E-state index contributed by atoms with van der Waals surface area (Å²) < 4.78 is 37.9. The average molecular weight is 267 g/mol. The zero-order valence-corrected chi connectivity index (χ0v) is 9.56. The predicted octanol–water partition coefficient (Wildman–Crippen LogP) is 2.64. The minimum atomic E-state index is -4.59. The van der Waals surface area contributed by atoms with Gasteiger partial charge >= 0.3 is 6.18 Å². The molecule has 0 radical (unpaired) electrons. The Morgan fingerprint density at radius 3 is 2.53 bits per heavy atom. The SMILES string of the molecule is CC(N)C(=O)Nc1c(Cl)cccc1C(F)(F)F. The number of rotatable bonds is 2. The van der Waals surface area contributed by atoms with Crippen LogP contribution in [0.4, 0.5) is 18.9 Å². The van der Waals surface area contributed by atoms with Crippen molar-refractivity contribution in [2.45, 2.75) is 19.1 Å². The van der Waals surface area contributed by atoms with Crippen LogP contribution >= 0.6 is 11.6 Å². The van der Waals surface area contributed by atoms with Gasteiger partial charge in [0.1, 0.15) is 0 Å². The van der Waals surface area contributed by atoms with Crippen LogP contribution in [0.1, 0.15) is 12.5 Å². The lowest BCUT2D eigenvalue weighted by Crippen LogP contribution is -2.33. The predicted molar refractivity (Wildman–Crippen MR) is 58.7 cm³/mol. The molecule has 3 nitrogen and oxygen atoms in total. The van der Waals surface area contributed by atoms with Crippen molar-refractivity contribution in [1.29, 1.82) is 0 Å². The minimum Gasteiger partial charge on any atom is -0.323 e. The molecule has 0 heterocycles. The smallest absolute Gasteiger partial charge is 0.323 e. The Labute approximate surface area is 101 Å². The molecule has 0 aromatic heterocycles. The van der Waals surface area contributed by atoms with Crippen LogP contribution in [-0.4, -0.2) is 11.9 Å². The summed E-state index contributed by atoms with van der Waals surface area (Å²) in [6.07, 6.45) is -4.59. The number of halogens is 4. The molecular formula is C10H10ClF3N2O. The van der Waals surface area contributed by atoms with Gasteiger partial charge in [-0.3, -0.25) is 4.79 Å². The van der Waals surface area contributed by atoms with Crippen molar-refractivity contribution in [3.05, 3.63) is 28.8 Å². The molecule has 7 heteroatoms. The molecule has 94 valence electrons. The molecule has 0 saturated heterocycles. The van der Waals surface area contributed by atoms with Crippen LogP contribution in [0, 0.1) is 0 Å². The molecule has 0 spiro atoms. The zero-order chi connectivity index (χ0) is 13.2. The third kappa shape index (κ3) is 3.34. The molecule has 1 atom stereocenters. The number of hydrogen-bond acceptors (Lipinski definition) is 2. The molecule has 0 saturated carbocycles. The van der Waals surface area contributed by atoms with Crippen molar-refractivity contribution in [1.82, 2.24) is 0 Å². The molecule has 0 aliphatic rings. The van der Waals surface area contributed by atoms with Gasteiger partial charge in [0.05, 0.1) is 22.3 Å². The van der Waals surface area contributed by atoms with Crippen LogP contribution in [0.5, 0.6) is 0 Å². The quantitative estimate of drug-likeness (QED) is 0.865. The van der Waals surface area contributed by atoms with Crippen molar-refractivity contribution < 1.29 is 18.0 Å². The molecule has 3 N–H and O–H groups in total. The van der Waals surface area contributed by atoms with E-state index < -0.39 is 29.4 Å². The van der Waals surface area contributed by atoms with Crippen LogP contribution in [0.2, 0.25) is 5.02 Å². The van der Waals surface area contributed by atoms with E-state index in [4.69, 9.17) is 17.3 Å². The van der Waals surface area contributed by atoms with Crippen LogP contribution in [0.15, 0.2) is 18.2 Å². The average Bonchev–Trinajstić information content (AvgIpc) is 2.18. The molecule has 0 bridgehead atoms. The number of hydrogen-bond donors (Lipinski definition) is 2. The lowest BCUT2D eigenvalue weighted by Gasteiger charge is -2.16. The molecule has 0 fully saturated rings. The molecule has 1 aromatic rings. The van der Waals surface area contributed by atoms with Crippen LogP contribution in [-0.2, 0) is 11.0 Å². The normalized spacial score (nSPS) is 13.3. The minimum absolute atomic E-state index is 0.186. The fourth-order valence-electron chi connectivity index (χ4n) is 1.12. The molecule has 0 aliphatic carbocycles. The summed E-state index contributed by atoms with van der Waals surface area (Å²) in [5.74, 6) is -0.733. The first kappa shape index (κ1) is 13.8. The topological polar surface area (TPSA) is 55.1 Å². The molecule has 1 rings (SSSR count). The highest BCUT2D eigenvalue weighted by molar-refractivity contribution is 6.34. The number of benzene rings is 1. The number of anilines is 1. The van der Waals surface area contributed by atoms with Crippen molar-refractivity contribution in [2.24, 2.45) is 5.73 Å². The summed E-state index contributed by atoms with van der Waals surface area (Å²) in [4.78, 5) is 11.3. The van der Waals surface area contributed by atoms with Gasteiger partial charge in [0.15, 0.2) is 0 Å². The van der Waals surface area contributed by atoms with E-state index in [1.54, 1.807) is 0 Å². The van der Waals surface area contributed by atoms with E-state index >= 15 is 0 Å². The monoisotopic (exact) mass is 266 g/mol. The van der Waals surface area contributed by atoms with E-state index in [1.165, 1.54) is 13.0 Å². The molecule has 0 aliphatic heterocycles. The summed E-state index contributed by atoms with van der Waals surface area (Å²) >= 11 is 5.63. The van der Waals surface area contributed by atoms with E-state index in [2.05, 4.69) is 5.32 Å². The molecule has 1 amide bonds. The number of nitrogens with one attached hydrogen (secondary N) is 1. The fourth-order valence-corrected chi connectivity index (χ4v) is 1.35. The van der Waals surface area contributed by atoms with E-state index in [9.17, 15) is 18.0 Å². The Kier molecular flexibility index (Phi) is 4.00. The highest BCUT2D eigenvalue weighted by Gasteiger charge is 2.34. The summed E-state index contributed by atoms with van der Waals surface area (Å²) in [5.41, 5.74) is 3.79. The van der Waals surface area contributed by atoms with Crippen LogP contribution in [0.25, 0.3) is 0 Å². The third-order valence-electron chi connectivity index (χ3n) is 1.98. The molecule has 17 heavy (non-hydrogen) atoms. The van der Waals surface area contributed by atoms with E-state index in [0.29, 0.717) is 0 Å². The van der Waals surface area contributed by atoms with Crippen molar-refractivity contribution in [2.75, 3.05) is 5.32 Å². The zero-order valence-electron chi connectivity index (χ0n) is 8.81. The highest BCUT2D eigenvalue weighted by Crippen LogP contribution is 2.38. The summed E-state index contributed by atoms with van der Waals surface area (Å²) in [5, 5.41) is 1.88. The summed E-state index contributed by atoms with van der Waals surface area (Å²) in [6, 6.07) is 2.33. The number of alkyl halides is 3. The second-order valence-corrected chi connectivity index (χ2v) is 3.85. The van der Waals surface area contributed by atoms with Gasteiger partial charge in [-0.2, -0.15) is 13.2 Å². The van der Waals surface area contributed by atoms with Gasteiger partial charge in [0.25, 0.3) is 0 Å². The Morgan fingerprint density at radius 2 is 2.06 bits per heavy atom. The second-order valence-electron chi connectivity index (χ2n) is 3.44. The fraction of sp³-hybridized carbons (Fsp3) is 0.300. The van der Waals surface area contributed by atoms with Crippen LogP contribution < -0.4 is 11.1 Å². The van der Waals surface area contributed by atoms with Crippen molar-refractivity contribution >= 4 is 23.2 Å². The molecular weight excluding hydrogens is 257 g/mol. The Morgan fingerprint density at radius 1 is 1.47 bits per heavy atom. The first-order chi connectivity index (χ1) is 7.73. The van der Waals surface area contributed by atoms with Crippen LogP contribution in [0.3, 0.4) is 0 Å².